The van der Waals surface area contributed by atoms with Crippen LogP contribution < -0.4 is 110 Å². The van der Waals surface area contributed by atoms with E-state index in [2.05, 4.69) is 30.7 Å². The number of nitro benzene ring substituents is 2. The summed E-state index contributed by atoms with van der Waals surface area (Å²) < 4.78 is 65.9. The van der Waals surface area contributed by atoms with E-state index in [1.807, 2.05) is 0 Å². The second-order valence-corrected chi connectivity index (χ2v) is 14.4. The van der Waals surface area contributed by atoms with Gasteiger partial charge >= 0.3 is 88.7 Å². The van der Waals surface area contributed by atoms with Crippen molar-refractivity contribution in [1.82, 2.24) is 19.6 Å². The van der Waals surface area contributed by atoms with Gasteiger partial charge in [0.2, 0.25) is 0 Å². The maximum atomic E-state index is 12.6. The van der Waals surface area contributed by atoms with Crippen LogP contribution in [0.5, 0.6) is 11.5 Å². The Kier molecular flexibility index (Phi) is 20.7. The molecule has 0 radical (unpaired) electrons. The molecule has 0 saturated heterocycles. The summed E-state index contributed by atoms with van der Waals surface area (Å²) in [5.74, 6) is -2.44. The molecule has 0 bridgehead atoms. The van der Waals surface area contributed by atoms with Crippen LogP contribution in [0.4, 0.5) is 34.1 Å². The van der Waals surface area contributed by atoms with Gasteiger partial charge in [0.25, 0.3) is 42.7 Å². The number of aromatic nitrogens is 4. The Morgan fingerprint density at radius 1 is 0.581 bits per heavy atom. The summed E-state index contributed by atoms with van der Waals surface area (Å²) in [6.45, 7) is 3.04. The Bertz CT molecular complexity index is 2810. The zero-order chi connectivity index (χ0) is 42.7. The summed E-state index contributed by atoms with van der Waals surface area (Å²) in [5.41, 5.74) is -3.66. The monoisotopic (exact) mass is 957 g/mol. The molecule has 4 aromatic carbocycles. The first-order valence-corrected chi connectivity index (χ1v) is 18.6. The van der Waals surface area contributed by atoms with Gasteiger partial charge in [0.05, 0.1) is 44.0 Å². The van der Waals surface area contributed by atoms with E-state index in [4.69, 9.17) is 9.11 Å². The van der Waals surface area contributed by atoms with Gasteiger partial charge in [0.15, 0.2) is 11.4 Å². The summed E-state index contributed by atoms with van der Waals surface area (Å²) in [4.78, 5) is 43.1. The van der Waals surface area contributed by atoms with E-state index in [0.717, 1.165) is 0 Å². The predicted molar refractivity (Wildman–Crippen MR) is 195 cm³/mol. The molecule has 0 atom stereocenters. The molecule has 306 valence electrons. The number of nitrogens with zero attached hydrogens (tertiary/aromatic N) is 8. The van der Waals surface area contributed by atoms with Gasteiger partial charge in [-0.3, -0.25) is 49.1 Å². The van der Waals surface area contributed by atoms with E-state index >= 15 is 0 Å². The summed E-state index contributed by atoms with van der Waals surface area (Å²) in [7, 11) is -9.69. The quantitative estimate of drug-likeness (QED) is 0.0330. The van der Waals surface area contributed by atoms with Crippen LogP contribution >= 0.6 is 0 Å². The molecule has 62 heavy (non-hydrogen) atoms. The van der Waals surface area contributed by atoms with Crippen LogP contribution in [0.15, 0.2) is 125 Å². The number of nitro groups is 2. The average Bonchev–Trinajstić information content (AvgIpc) is 3.61. The SMILES string of the molecule is Cc1[nH]n(-c2ccccc2)c(=O)c1N=Nc1cc(S(=O)(=O)O)cc([N+](=O)[O-])c1[O-].Cc1[nH]n(-c2ccccc2)c(=O)c1N=Nc1cc(S(=O)(=O)O)cc([N+](=O)[O-])c1[O-].[Cr].[Na+].[Na+].[Na+]. The largest absolute Gasteiger partial charge is 1.00 e. The topological polar surface area (TPSA) is 366 Å². The van der Waals surface area contributed by atoms with Crippen LogP contribution in [0, 0.1) is 34.1 Å². The smallest absolute Gasteiger partial charge is 0.866 e. The third-order valence-electron chi connectivity index (χ3n) is 7.66. The Hall–Kier alpha value is -4.15. The van der Waals surface area contributed by atoms with E-state index in [1.54, 1.807) is 60.7 Å². The van der Waals surface area contributed by atoms with Crippen molar-refractivity contribution in [3.05, 3.63) is 137 Å². The molecule has 4 N–H and O–H groups in total. The van der Waals surface area contributed by atoms with Crippen molar-refractivity contribution in [1.29, 1.82) is 0 Å². The number of nitrogens with one attached hydrogen (secondary N) is 2. The molecular weight excluding hydrogens is 934 g/mol. The second kappa shape index (κ2) is 23.0. The van der Waals surface area contributed by atoms with Crippen molar-refractivity contribution in [3.63, 3.8) is 0 Å². The molecule has 0 aliphatic carbocycles. The van der Waals surface area contributed by atoms with Crippen molar-refractivity contribution >= 4 is 54.4 Å². The molecule has 0 unspecified atom stereocenters. The normalized spacial score (nSPS) is 11.0. The Morgan fingerprint density at radius 3 is 1.16 bits per heavy atom. The molecule has 2 heterocycles. The molecule has 24 nitrogen and oxygen atoms in total. The molecular formula is C32H24CrN10Na3O14S2+. The Morgan fingerprint density at radius 2 is 0.887 bits per heavy atom. The number of benzene rings is 4. The first-order chi connectivity index (χ1) is 27.2. The van der Waals surface area contributed by atoms with Gasteiger partial charge in [-0.1, -0.05) is 36.4 Å². The molecule has 0 fully saturated rings. The molecule has 0 saturated carbocycles. The van der Waals surface area contributed by atoms with Gasteiger partial charge in [0.1, 0.15) is 9.79 Å². The Balaban J connectivity index is 0.000000582. The van der Waals surface area contributed by atoms with Crippen LogP contribution in [-0.2, 0) is 37.6 Å². The van der Waals surface area contributed by atoms with E-state index in [1.165, 1.54) is 23.2 Å². The third-order valence-corrected chi connectivity index (χ3v) is 9.32. The fourth-order valence-corrected chi connectivity index (χ4v) is 5.94. The summed E-state index contributed by atoms with van der Waals surface area (Å²) in [6.07, 6.45) is 0. The van der Waals surface area contributed by atoms with Crippen LogP contribution in [0.3, 0.4) is 0 Å². The minimum Gasteiger partial charge on any atom is -0.866 e. The van der Waals surface area contributed by atoms with Crippen LogP contribution in [0.1, 0.15) is 11.4 Å². The first kappa shape index (κ1) is 55.9. The first-order valence-electron chi connectivity index (χ1n) is 15.7. The number of hydrogen-bond donors (Lipinski definition) is 4. The zero-order valence-corrected chi connectivity index (χ0v) is 41.6. The summed E-state index contributed by atoms with van der Waals surface area (Å²) in [6, 6.07) is 19.1. The van der Waals surface area contributed by atoms with E-state index in [-0.39, 0.29) is 129 Å². The summed E-state index contributed by atoms with van der Waals surface area (Å²) in [5, 5.41) is 66.2. The molecule has 2 aromatic heterocycles. The van der Waals surface area contributed by atoms with Gasteiger partial charge in [-0.15, -0.1) is 10.2 Å². The van der Waals surface area contributed by atoms with Gasteiger partial charge in [-0.25, -0.2) is 9.36 Å². The Labute approximate surface area is 425 Å². The van der Waals surface area contributed by atoms with Crippen molar-refractivity contribution in [2.45, 2.75) is 23.6 Å². The van der Waals surface area contributed by atoms with Gasteiger partial charge in [0, 0.05) is 41.0 Å². The molecule has 30 heteroatoms. The standard InChI is InChI=1S/2C16H13N5O7S.Cr.3Na/c2*1-9-14(16(23)20(19-9)10-5-3-2-4-6-10)18-17-12-7-11(29(26,27)28)8-13(15(12)22)21(24)25;;;;/h2*2-8,19,22H,1H3,(H,26,27,28);;;;/q;;;3*+1/p-2. The summed E-state index contributed by atoms with van der Waals surface area (Å²) >= 11 is 0. The van der Waals surface area contributed by atoms with Crippen molar-refractivity contribution in [2.24, 2.45) is 20.5 Å². The van der Waals surface area contributed by atoms with E-state index in [0.29, 0.717) is 35.6 Å². The molecule has 6 rings (SSSR count). The minimum atomic E-state index is -4.85. The van der Waals surface area contributed by atoms with E-state index in [9.17, 15) is 56.9 Å². The van der Waals surface area contributed by atoms with Crippen LogP contribution in [0.25, 0.3) is 11.4 Å². The molecule has 0 aliphatic heterocycles. The number of hydrogen-bond acceptors (Lipinski definition) is 16. The van der Waals surface area contributed by atoms with E-state index < -0.39 is 85.2 Å². The fraction of sp³-hybridized carbons (Fsp3) is 0.0625. The maximum Gasteiger partial charge on any atom is 1.00 e. The van der Waals surface area contributed by atoms with Crippen LogP contribution in [0.2, 0.25) is 0 Å². The zero-order valence-electron chi connectivity index (χ0n) is 32.7. The molecule has 6 aromatic rings. The number of aryl methyl sites for hydroxylation is 2. The number of azo groups is 2. The van der Waals surface area contributed by atoms with Gasteiger partial charge < -0.3 is 10.2 Å². The predicted octanol–water partition coefficient (Wildman–Crippen LogP) is -4.75. The van der Waals surface area contributed by atoms with Crippen molar-refractivity contribution < 1.29 is 152 Å². The molecule has 0 spiro atoms. The second-order valence-electron chi connectivity index (χ2n) is 11.6. The van der Waals surface area contributed by atoms with Gasteiger partial charge in [-0.05, 0) is 50.2 Å². The number of rotatable bonds is 10. The maximum absolute atomic E-state index is 12.6. The van der Waals surface area contributed by atoms with Gasteiger partial charge in [-0.2, -0.15) is 27.1 Å². The molecule has 0 amide bonds. The number of para-hydroxylation sites is 2. The third kappa shape index (κ3) is 13.0. The minimum absolute atomic E-state index is 0. The molecule has 0 aliphatic rings. The van der Waals surface area contributed by atoms with Crippen LogP contribution in [-0.4, -0.2) is 55.3 Å². The number of H-pyrrole nitrogens is 2. The number of aromatic amines is 2. The van der Waals surface area contributed by atoms with Crippen molar-refractivity contribution in [2.75, 3.05) is 0 Å². The fourth-order valence-electron chi connectivity index (χ4n) is 4.90. The average molecular weight is 958 g/mol. The van der Waals surface area contributed by atoms with Crippen molar-refractivity contribution in [3.8, 4) is 22.9 Å².